The molecule has 0 N–H and O–H groups in total. The first kappa shape index (κ1) is 36.4. The van der Waals surface area contributed by atoms with Crippen LogP contribution in [-0.2, 0) is 26.2 Å². The number of rotatable bonds is 10. The van der Waals surface area contributed by atoms with Crippen molar-refractivity contribution in [2.24, 2.45) is 0 Å². The van der Waals surface area contributed by atoms with Gasteiger partial charge in [-0.25, -0.2) is 0 Å². The van der Waals surface area contributed by atoms with Crippen LogP contribution >= 0.6 is 0 Å². The van der Waals surface area contributed by atoms with Gasteiger partial charge in [0.15, 0.2) is 0 Å². The molecule has 2 saturated carbocycles. The minimum Gasteiger partial charge on any atom is -0.358 e. The van der Waals surface area contributed by atoms with Gasteiger partial charge < -0.3 is 14.9 Å². The first-order valence-corrected chi connectivity index (χ1v) is 11.1. The van der Waals surface area contributed by atoms with Gasteiger partial charge in [0.2, 0.25) is 0 Å². The van der Waals surface area contributed by atoms with Gasteiger partial charge in [-0.2, -0.15) is 0 Å². The van der Waals surface area contributed by atoms with Gasteiger partial charge in [0.25, 0.3) is 0 Å². The van der Waals surface area contributed by atoms with Gasteiger partial charge in [0.05, 0.1) is 0 Å². The third-order valence-corrected chi connectivity index (χ3v) is 5.43. The number of nitrogens with zero attached hydrogens (tertiary/aromatic N) is 2. The molecule has 2 aliphatic rings. The van der Waals surface area contributed by atoms with Crippen LogP contribution in [0, 0.1) is 78.1 Å². The minimum absolute atomic E-state index is 0. The Hall–Kier alpha value is 0.803. The quantitative estimate of drug-likeness (QED) is 0.305. The number of hydrogen-bond donors (Lipinski definition) is 0. The molecule has 0 atom stereocenters. The van der Waals surface area contributed by atoms with E-state index in [0.717, 1.165) is 0 Å². The standard InChI is InChI=1S/2C13H22N.2CH3.Zr/c2*1-11(2)14(12(3)4)10-9-13-7-5-6-8-13;;;/h2*5-8,11-12H,9-10H2,1-4H3;2*1H3;/q;;2*-1;+4. The molecule has 174 valence electrons. The Balaban J connectivity index is -0.000000461. The fourth-order valence-electron chi connectivity index (χ4n) is 3.90. The molecule has 0 aliphatic heterocycles. The summed E-state index contributed by atoms with van der Waals surface area (Å²) in [6, 6.07) is 2.57. The van der Waals surface area contributed by atoms with E-state index in [1.54, 1.807) is 0 Å². The van der Waals surface area contributed by atoms with Gasteiger partial charge in [-0.05, 0) is 145 Å². The van der Waals surface area contributed by atoms with Crippen molar-refractivity contribution in [3.63, 3.8) is 0 Å². The third-order valence-electron chi connectivity index (χ3n) is 5.43. The van der Waals surface area contributed by atoms with E-state index >= 15 is 0 Å². The molecule has 0 bridgehead atoms. The van der Waals surface area contributed by atoms with Crippen LogP contribution in [0.1, 0.15) is 68.2 Å². The maximum Gasteiger partial charge on any atom is 4.00 e. The molecule has 0 saturated heterocycles. The molecule has 31 heavy (non-hydrogen) atoms. The zero-order valence-corrected chi connectivity index (χ0v) is 24.6. The summed E-state index contributed by atoms with van der Waals surface area (Å²) in [5.41, 5.74) is 0. The topological polar surface area (TPSA) is 6.48 Å². The van der Waals surface area contributed by atoms with Crippen molar-refractivity contribution < 1.29 is 26.2 Å². The van der Waals surface area contributed by atoms with Gasteiger partial charge in [0, 0.05) is 24.2 Å². The Bertz CT molecular complexity index is 317. The van der Waals surface area contributed by atoms with Crippen molar-refractivity contribution in [2.75, 3.05) is 13.1 Å². The molecule has 0 heterocycles. The molecule has 3 heteroatoms. The molecule has 10 radical (unpaired) electrons. The molecular weight excluding hydrogens is 456 g/mol. The van der Waals surface area contributed by atoms with Crippen molar-refractivity contribution in [3.8, 4) is 0 Å². The Morgan fingerprint density at radius 1 is 0.516 bits per heavy atom. The van der Waals surface area contributed by atoms with E-state index in [4.69, 9.17) is 0 Å². The molecule has 0 aromatic heterocycles. The Labute approximate surface area is 218 Å². The van der Waals surface area contributed by atoms with Crippen LogP contribution in [0.3, 0.4) is 0 Å². The zero-order chi connectivity index (χ0) is 21.1. The normalized spacial score (nSPS) is 17.2. The SMILES string of the molecule is CC(C)N(CC[C]1[CH][CH][CH][CH]1)C(C)C.CC(C)N(CC[C]1[CH][CH][CH][CH]1)C(C)C.[CH3-].[CH3-].[Zr+4]. The van der Waals surface area contributed by atoms with E-state index in [9.17, 15) is 0 Å². The predicted molar refractivity (Wildman–Crippen MR) is 137 cm³/mol. The first-order chi connectivity index (χ1) is 13.2. The van der Waals surface area contributed by atoms with Gasteiger partial charge in [0.1, 0.15) is 0 Å². The fourth-order valence-corrected chi connectivity index (χ4v) is 3.90. The average molecular weight is 506 g/mol. The minimum atomic E-state index is 0. The van der Waals surface area contributed by atoms with Crippen molar-refractivity contribution >= 4 is 0 Å². The second-order valence-electron chi connectivity index (χ2n) is 8.94. The van der Waals surface area contributed by atoms with Gasteiger partial charge in [-0.1, -0.05) is 0 Å². The van der Waals surface area contributed by atoms with E-state index in [1.807, 2.05) is 0 Å². The number of hydrogen-bond acceptors (Lipinski definition) is 2. The molecule has 2 aliphatic carbocycles. The summed E-state index contributed by atoms with van der Waals surface area (Å²) in [6.45, 7) is 20.5. The van der Waals surface area contributed by atoms with Crippen LogP contribution in [0.15, 0.2) is 0 Å². The van der Waals surface area contributed by atoms with Crippen molar-refractivity contribution in [1.29, 1.82) is 0 Å². The van der Waals surface area contributed by atoms with Crippen molar-refractivity contribution in [2.45, 2.75) is 92.4 Å². The van der Waals surface area contributed by atoms with Crippen LogP contribution in [0.5, 0.6) is 0 Å². The fraction of sp³-hybridized carbons (Fsp3) is 0.571. The summed E-state index contributed by atoms with van der Waals surface area (Å²) in [4.78, 5) is 5.07. The molecule has 2 rings (SSSR count). The van der Waals surface area contributed by atoms with Crippen LogP contribution < -0.4 is 0 Å². The maximum absolute atomic E-state index is 2.53. The smallest absolute Gasteiger partial charge is 0.358 e. The van der Waals surface area contributed by atoms with E-state index in [2.05, 4.69) is 117 Å². The van der Waals surface area contributed by atoms with Gasteiger partial charge in [-0.3, -0.25) is 9.80 Å². The monoisotopic (exact) mass is 504 g/mol. The van der Waals surface area contributed by atoms with Crippen LogP contribution in [0.2, 0.25) is 0 Å². The zero-order valence-electron chi connectivity index (χ0n) is 22.2. The van der Waals surface area contributed by atoms with Crippen LogP contribution in [-0.4, -0.2) is 47.1 Å². The molecule has 2 nitrogen and oxygen atoms in total. The molecular formula is C28H50N2Zr+2. The summed E-state index contributed by atoms with van der Waals surface area (Å²) in [5.74, 6) is 2.91. The van der Waals surface area contributed by atoms with Crippen molar-refractivity contribution in [3.05, 3.63) is 78.1 Å². The van der Waals surface area contributed by atoms with Crippen LogP contribution in [0.25, 0.3) is 0 Å². The summed E-state index contributed by atoms with van der Waals surface area (Å²) < 4.78 is 0. The second-order valence-corrected chi connectivity index (χ2v) is 8.94. The average Bonchev–Trinajstić information content (AvgIpc) is 3.28. The van der Waals surface area contributed by atoms with Gasteiger partial charge >= 0.3 is 26.2 Å². The van der Waals surface area contributed by atoms with Crippen LogP contribution in [0.4, 0.5) is 0 Å². The van der Waals surface area contributed by atoms with E-state index in [1.165, 1.54) is 37.8 Å². The summed E-state index contributed by atoms with van der Waals surface area (Å²) in [5, 5.41) is 0. The molecule has 0 aromatic carbocycles. The van der Waals surface area contributed by atoms with Gasteiger partial charge in [-0.15, -0.1) is 0 Å². The predicted octanol–water partition coefficient (Wildman–Crippen LogP) is 6.70. The molecule has 0 amide bonds. The Morgan fingerprint density at radius 2 is 0.742 bits per heavy atom. The third kappa shape index (κ3) is 15.3. The summed E-state index contributed by atoms with van der Waals surface area (Å²) in [6.07, 6.45) is 19.6. The first-order valence-electron chi connectivity index (χ1n) is 11.1. The second kappa shape index (κ2) is 20.2. The Kier molecular flexibility index (Phi) is 23.7. The van der Waals surface area contributed by atoms with Crippen molar-refractivity contribution in [1.82, 2.24) is 9.80 Å². The maximum atomic E-state index is 2.53. The largest absolute Gasteiger partial charge is 4.00 e. The van der Waals surface area contributed by atoms with E-state index in [0.29, 0.717) is 24.2 Å². The summed E-state index contributed by atoms with van der Waals surface area (Å²) >= 11 is 0. The molecule has 0 aromatic rings. The summed E-state index contributed by atoms with van der Waals surface area (Å²) in [7, 11) is 0. The van der Waals surface area contributed by atoms with E-state index in [-0.39, 0.29) is 41.1 Å². The molecule has 0 spiro atoms. The molecule has 0 unspecified atom stereocenters. The Morgan fingerprint density at radius 3 is 0.935 bits per heavy atom. The molecule has 2 fully saturated rings. The van der Waals surface area contributed by atoms with E-state index < -0.39 is 0 Å².